The summed E-state index contributed by atoms with van der Waals surface area (Å²) >= 11 is 13.5. The fourth-order valence-corrected chi connectivity index (χ4v) is 5.21. The minimum atomic E-state index is -0.415. The summed E-state index contributed by atoms with van der Waals surface area (Å²) in [7, 11) is 1.65. The van der Waals surface area contributed by atoms with E-state index in [1.54, 1.807) is 37.1 Å². The highest BCUT2D eigenvalue weighted by Crippen LogP contribution is 2.39. The van der Waals surface area contributed by atoms with E-state index >= 15 is 0 Å². The highest BCUT2D eigenvalue weighted by molar-refractivity contribution is 7.17. The molecule has 2 amide bonds. The molecule has 1 aromatic heterocycles. The Labute approximate surface area is 194 Å². The van der Waals surface area contributed by atoms with Gasteiger partial charge < -0.3 is 15.4 Å². The van der Waals surface area contributed by atoms with Gasteiger partial charge in [-0.3, -0.25) is 14.5 Å². The molecule has 1 heterocycles. The molecule has 2 N–H and O–H groups in total. The first kappa shape index (κ1) is 23.5. The number of nitrogens with one attached hydrogen (secondary N) is 2. The highest BCUT2D eigenvalue weighted by Gasteiger charge is 2.28. The van der Waals surface area contributed by atoms with Crippen molar-refractivity contribution in [2.45, 2.75) is 26.2 Å². The summed E-state index contributed by atoms with van der Waals surface area (Å²) in [5, 5.41) is 6.65. The lowest BCUT2D eigenvalue weighted by Crippen LogP contribution is -2.36. The molecule has 0 saturated carbocycles. The minimum Gasteiger partial charge on any atom is -0.462 e. The van der Waals surface area contributed by atoms with Crippen LogP contribution in [0.25, 0.3) is 0 Å². The first-order chi connectivity index (χ1) is 14.8. The number of amides is 2. The third-order valence-corrected chi connectivity index (χ3v) is 6.55. The molecule has 0 bridgehead atoms. The van der Waals surface area contributed by atoms with Crippen LogP contribution < -0.4 is 10.6 Å². The molecular weight excluding hydrogens is 461 g/mol. The largest absolute Gasteiger partial charge is 0.462 e. The van der Waals surface area contributed by atoms with Gasteiger partial charge in [-0.05, 0) is 50.9 Å². The van der Waals surface area contributed by atoms with Crippen LogP contribution in [0.1, 0.15) is 34.1 Å². The van der Waals surface area contributed by atoms with E-state index in [1.807, 2.05) is 0 Å². The van der Waals surface area contributed by atoms with E-state index < -0.39 is 5.97 Å². The third-order valence-electron chi connectivity index (χ3n) is 4.71. The number of aryl methyl sites for hydroxylation is 1. The molecule has 1 aromatic carbocycles. The van der Waals surface area contributed by atoms with Crippen molar-refractivity contribution in [3.8, 4) is 0 Å². The smallest absolute Gasteiger partial charge is 0.341 e. The van der Waals surface area contributed by atoms with E-state index in [2.05, 4.69) is 10.6 Å². The molecule has 0 radical (unpaired) electrons. The minimum absolute atomic E-state index is 0.0332. The number of carbonyl (C=O) groups is 3. The number of halogens is 2. The summed E-state index contributed by atoms with van der Waals surface area (Å²) in [6.07, 6.45) is 2.70. The molecule has 0 saturated heterocycles. The maximum absolute atomic E-state index is 12.6. The topological polar surface area (TPSA) is 87.7 Å². The van der Waals surface area contributed by atoms with Gasteiger partial charge in [0.2, 0.25) is 11.8 Å². The second kappa shape index (κ2) is 10.5. The van der Waals surface area contributed by atoms with Gasteiger partial charge in [0.15, 0.2) is 0 Å². The van der Waals surface area contributed by atoms with Crippen molar-refractivity contribution in [1.82, 2.24) is 4.90 Å². The number of esters is 1. The van der Waals surface area contributed by atoms with Crippen LogP contribution in [-0.2, 0) is 27.2 Å². The van der Waals surface area contributed by atoms with Crippen molar-refractivity contribution in [3.63, 3.8) is 0 Å². The zero-order valence-corrected chi connectivity index (χ0v) is 19.5. The average molecular weight is 484 g/mol. The van der Waals surface area contributed by atoms with Crippen LogP contribution in [0, 0.1) is 0 Å². The number of nitrogens with zero attached hydrogens (tertiary/aromatic N) is 1. The van der Waals surface area contributed by atoms with Crippen molar-refractivity contribution >= 4 is 63.0 Å². The Kier molecular flexibility index (Phi) is 7.94. The Balaban J connectivity index is 1.60. The first-order valence-corrected chi connectivity index (χ1v) is 11.4. The Morgan fingerprint density at radius 3 is 2.39 bits per heavy atom. The lowest BCUT2D eigenvalue weighted by Gasteiger charge is -2.17. The number of fused-ring (bicyclic) bond motifs is 1. The van der Waals surface area contributed by atoms with Crippen molar-refractivity contribution in [1.29, 1.82) is 0 Å². The Bertz CT molecular complexity index is 989. The van der Waals surface area contributed by atoms with Gasteiger partial charge in [-0.1, -0.05) is 29.3 Å². The van der Waals surface area contributed by atoms with Gasteiger partial charge in [0, 0.05) is 4.88 Å². The number of likely N-dealkylation sites (N-methyl/N-ethyl adjacent to an activating group) is 1. The predicted octanol–water partition coefficient (Wildman–Crippen LogP) is 4.23. The van der Waals surface area contributed by atoms with Gasteiger partial charge in [-0.2, -0.15) is 0 Å². The van der Waals surface area contributed by atoms with Gasteiger partial charge in [0.05, 0.1) is 41.0 Å². The van der Waals surface area contributed by atoms with Crippen LogP contribution in [0.5, 0.6) is 0 Å². The van der Waals surface area contributed by atoms with E-state index in [4.69, 9.17) is 27.9 Å². The second-order valence-corrected chi connectivity index (χ2v) is 9.07. The van der Waals surface area contributed by atoms with Gasteiger partial charge in [-0.15, -0.1) is 11.3 Å². The van der Waals surface area contributed by atoms with E-state index in [0.717, 1.165) is 29.7 Å². The molecule has 0 spiro atoms. The Morgan fingerprint density at radius 2 is 1.74 bits per heavy atom. The molecule has 0 fully saturated rings. The van der Waals surface area contributed by atoms with E-state index in [1.165, 1.54) is 11.3 Å². The monoisotopic (exact) mass is 483 g/mol. The highest BCUT2D eigenvalue weighted by atomic mass is 35.5. The van der Waals surface area contributed by atoms with Gasteiger partial charge in [0.1, 0.15) is 5.00 Å². The number of rotatable bonds is 8. The fourth-order valence-electron chi connectivity index (χ4n) is 3.42. The van der Waals surface area contributed by atoms with Crippen LogP contribution in [0.15, 0.2) is 18.2 Å². The number of para-hydroxylation sites is 1. The second-order valence-electron chi connectivity index (χ2n) is 7.15. The molecule has 2 aromatic rings. The van der Waals surface area contributed by atoms with Crippen LogP contribution in [0.3, 0.4) is 0 Å². The molecule has 3 rings (SSSR count). The average Bonchev–Trinajstić information content (AvgIpc) is 3.25. The number of thiophene rings is 1. The van der Waals surface area contributed by atoms with Crippen molar-refractivity contribution in [3.05, 3.63) is 44.2 Å². The van der Waals surface area contributed by atoms with Gasteiger partial charge in [0.25, 0.3) is 0 Å². The number of benzene rings is 1. The summed E-state index contributed by atoms with van der Waals surface area (Å²) in [4.78, 5) is 40.0. The molecule has 0 aliphatic heterocycles. The molecule has 0 unspecified atom stereocenters. The lowest BCUT2D eigenvalue weighted by atomic mass is 10.1. The summed E-state index contributed by atoms with van der Waals surface area (Å²) in [5.74, 6) is -1.09. The molecule has 31 heavy (non-hydrogen) atoms. The number of hydrogen-bond donors (Lipinski definition) is 2. The standard InChI is InChI=1S/C21H23Cl2N3O4S/c1-3-30-21(29)18-12-6-4-9-15(12)31-20(18)25-17(28)11-26(2)10-16(27)24-19-13(22)7-5-8-14(19)23/h5,7-8H,3-4,6,9-11H2,1-2H3,(H,24,27)(H,25,28). The molecule has 0 atom stereocenters. The molecule has 166 valence electrons. The van der Waals surface area contributed by atoms with E-state index in [0.29, 0.717) is 26.3 Å². The summed E-state index contributed by atoms with van der Waals surface area (Å²) in [6.45, 7) is 1.94. The molecular formula is C21H23Cl2N3O4S. The molecule has 7 nitrogen and oxygen atoms in total. The zero-order chi connectivity index (χ0) is 22.5. The Morgan fingerprint density at radius 1 is 1.10 bits per heavy atom. The van der Waals surface area contributed by atoms with Crippen molar-refractivity contribution in [2.75, 3.05) is 37.4 Å². The zero-order valence-electron chi connectivity index (χ0n) is 17.2. The molecule has 1 aliphatic rings. The first-order valence-electron chi connectivity index (χ1n) is 9.84. The number of carbonyl (C=O) groups excluding carboxylic acids is 3. The van der Waals surface area contributed by atoms with Gasteiger partial charge in [-0.25, -0.2) is 4.79 Å². The van der Waals surface area contributed by atoms with Gasteiger partial charge >= 0.3 is 5.97 Å². The van der Waals surface area contributed by atoms with Crippen LogP contribution in [0.2, 0.25) is 10.0 Å². The summed E-state index contributed by atoms with van der Waals surface area (Å²) < 4.78 is 5.17. The maximum Gasteiger partial charge on any atom is 0.341 e. The molecule has 1 aliphatic carbocycles. The fraction of sp³-hybridized carbons (Fsp3) is 0.381. The summed E-state index contributed by atoms with van der Waals surface area (Å²) in [5.41, 5.74) is 1.77. The van der Waals surface area contributed by atoms with Crippen molar-refractivity contribution in [2.24, 2.45) is 0 Å². The lowest BCUT2D eigenvalue weighted by molar-refractivity contribution is -0.119. The number of hydrogen-bond acceptors (Lipinski definition) is 6. The number of anilines is 2. The van der Waals surface area contributed by atoms with E-state index in [9.17, 15) is 14.4 Å². The van der Waals surface area contributed by atoms with Crippen molar-refractivity contribution < 1.29 is 19.1 Å². The maximum atomic E-state index is 12.6. The third kappa shape index (κ3) is 5.77. The molecule has 10 heteroatoms. The number of ether oxygens (including phenoxy) is 1. The predicted molar refractivity (Wildman–Crippen MR) is 124 cm³/mol. The van der Waals surface area contributed by atoms with Crippen LogP contribution in [-0.4, -0.2) is 49.4 Å². The quantitative estimate of drug-likeness (QED) is 0.548. The van der Waals surface area contributed by atoms with Crippen LogP contribution >= 0.6 is 34.5 Å². The van der Waals surface area contributed by atoms with Crippen LogP contribution in [0.4, 0.5) is 10.7 Å². The SMILES string of the molecule is CCOC(=O)c1c(NC(=O)CN(C)CC(=O)Nc2c(Cl)cccc2Cl)sc2c1CCC2. The summed E-state index contributed by atoms with van der Waals surface area (Å²) in [6, 6.07) is 4.93. The van der Waals surface area contributed by atoms with E-state index in [-0.39, 0.29) is 31.5 Å². The normalized spacial score (nSPS) is 12.5. The Hall–Kier alpha value is -2.13.